The van der Waals surface area contributed by atoms with E-state index in [4.69, 9.17) is 0 Å². The van der Waals surface area contributed by atoms with Crippen LogP contribution in [0.3, 0.4) is 0 Å². The number of fused-ring (bicyclic) bond motifs is 3. The lowest BCUT2D eigenvalue weighted by atomic mass is 9.80. The summed E-state index contributed by atoms with van der Waals surface area (Å²) in [5.74, 6) is 0.234. The first-order valence-electron chi connectivity index (χ1n) is 13.2. The van der Waals surface area contributed by atoms with Crippen molar-refractivity contribution in [2.45, 2.75) is 50.2 Å². The number of carbonyl (C=O) groups excluding carboxylic acids is 2. The van der Waals surface area contributed by atoms with Crippen LogP contribution in [0.2, 0.25) is 0 Å². The first-order chi connectivity index (χ1) is 17.6. The van der Waals surface area contributed by atoms with Crippen LogP contribution >= 0.6 is 0 Å². The van der Waals surface area contributed by atoms with Crippen LogP contribution in [-0.4, -0.2) is 33.9 Å². The highest BCUT2D eigenvalue weighted by Gasteiger charge is 2.48. The molecule has 2 N–H and O–H groups in total. The molecule has 0 unspecified atom stereocenters. The molecular formula is C30H34N4O2. The van der Waals surface area contributed by atoms with Crippen molar-refractivity contribution in [3.8, 4) is 0 Å². The number of nitrogens with zero attached hydrogens (tertiary/aromatic N) is 2. The molecule has 5 atom stereocenters. The molecule has 6 rings (SSSR count). The van der Waals surface area contributed by atoms with Crippen LogP contribution in [0.5, 0.6) is 0 Å². The van der Waals surface area contributed by atoms with Crippen molar-refractivity contribution >= 4 is 17.5 Å². The predicted molar refractivity (Wildman–Crippen MR) is 140 cm³/mol. The second kappa shape index (κ2) is 9.49. The van der Waals surface area contributed by atoms with E-state index in [1.165, 1.54) is 11.3 Å². The van der Waals surface area contributed by atoms with Gasteiger partial charge in [-0.1, -0.05) is 49.2 Å². The minimum Gasteiger partial charge on any atom is -0.376 e. The lowest BCUT2D eigenvalue weighted by Gasteiger charge is -2.42. The number of aromatic nitrogens is 1. The summed E-state index contributed by atoms with van der Waals surface area (Å²) in [7, 11) is 2.09. The summed E-state index contributed by atoms with van der Waals surface area (Å²) >= 11 is 0. The third kappa shape index (κ3) is 3.98. The van der Waals surface area contributed by atoms with E-state index in [9.17, 15) is 9.59 Å². The summed E-state index contributed by atoms with van der Waals surface area (Å²) in [6.45, 7) is 0.751. The number of likely N-dealkylation sites (tertiary alicyclic amines) is 1. The van der Waals surface area contributed by atoms with Crippen LogP contribution in [0.25, 0.3) is 0 Å². The Kier molecular flexibility index (Phi) is 6.04. The van der Waals surface area contributed by atoms with Crippen LogP contribution in [0, 0.1) is 11.8 Å². The van der Waals surface area contributed by atoms with Gasteiger partial charge in [-0.15, -0.1) is 0 Å². The van der Waals surface area contributed by atoms with E-state index in [2.05, 4.69) is 69.7 Å². The van der Waals surface area contributed by atoms with Crippen LogP contribution < -0.4 is 10.6 Å². The number of anilines is 1. The van der Waals surface area contributed by atoms with Gasteiger partial charge in [-0.3, -0.25) is 9.59 Å². The summed E-state index contributed by atoms with van der Waals surface area (Å²) in [5, 5.41) is 7.01. The SMILES string of the molecule is Cn1cccc1[C@H]1Nc2ccccc2[C@@H]2[C@H]1CCN2C(=O)[C@H]1CCCC[C@H]1NC(=O)c1ccccc1. The van der Waals surface area contributed by atoms with Crippen LogP contribution in [0.1, 0.15) is 65.8 Å². The predicted octanol–water partition coefficient (Wildman–Crippen LogP) is 5.07. The normalized spacial score (nSPS) is 27.0. The van der Waals surface area contributed by atoms with Gasteiger partial charge in [0.05, 0.1) is 18.0 Å². The molecule has 1 aliphatic carbocycles. The first-order valence-corrected chi connectivity index (χ1v) is 13.2. The Balaban J connectivity index is 1.28. The Morgan fingerprint density at radius 1 is 0.917 bits per heavy atom. The van der Waals surface area contributed by atoms with Crippen molar-refractivity contribution in [1.82, 2.24) is 14.8 Å². The number of benzene rings is 2. The average Bonchev–Trinajstić information content (AvgIpc) is 3.55. The smallest absolute Gasteiger partial charge is 0.251 e. The maximum Gasteiger partial charge on any atom is 0.251 e. The molecule has 1 saturated carbocycles. The maximum absolute atomic E-state index is 14.2. The number of hydrogen-bond donors (Lipinski definition) is 2. The molecule has 2 fully saturated rings. The first kappa shape index (κ1) is 22.9. The monoisotopic (exact) mass is 482 g/mol. The molecule has 2 amide bonds. The molecule has 1 saturated heterocycles. The van der Waals surface area contributed by atoms with Gasteiger partial charge in [0.1, 0.15) is 0 Å². The molecule has 6 nitrogen and oxygen atoms in total. The molecule has 3 aromatic rings. The molecule has 2 aliphatic heterocycles. The Labute approximate surface area is 212 Å². The Hall–Kier alpha value is -3.54. The lowest BCUT2D eigenvalue weighted by molar-refractivity contribution is -0.138. The standard InChI is InChI=1S/C30H34N4O2/c1-33-18-9-16-26(33)27-23-17-19-34(28(23)21-12-5-7-14-24(21)31-27)30(36)22-13-6-8-15-25(22)32-29(35)20-10-3-2-4-11-20/h2-5,7,9-12,14,16,18,22-23,25,27-28,31H,6,8,13,15,17,19H2,1H3,(H,32,35)/t22-,23-,25+,27-,28+/m0/s1. The molecular weight excluding hydrogens is 448 g/mol. The maximum atomic E-state index is 14.2. The minimum absolute atomic E-state index is 0.0438. The van der Waals surface area contributed by atoms with Crippen molar-refractivity contribution in [1.29, 1.82) is 0 Å². The largest absolute Gasteiger partial charge is 0.376 e. The number of amides is 2. The van der Waals surface area contributed by atoms with E-state index in [0.29, 0.717) is 11.5 Å². The van der Waals surface area contributed by atoms with Gasteiger partial charge >= 0.3 is 0 Å². The molecule has 186 valence electrons. The van der Waals surface area contributed by atoms with Gasteiger partial charge in [0.2, 0.25) is 5.91 Å². The number of para-hydroxylation sites is 1. The quantitative estimate of drug-likeness (QED) is 0.546. The molecule has 0 bridgehead atoms. The van der Waals surface area contributed by atoms with Crippen molar-refractivity contribution in [2.24, 2.45) is 18.9 Å². The summed E-state index contributed by atoms with van der Waals surface area (Å²) in [4.78, 5) is 29.3. The Morgan fingerprint density at radius 2 is 1.69 bits per heavy atom. The van der Waals surface area contributed by atoms with Gasteiger partial charge < -0.3 is 20.1 Å². The fraction of sp³-hybridized carbons (Fsp3) is 0.400. The fourth-order valence-electron chi connectivity index (χ4n) is 6.72. The minimum atomic E-state index is -0.180. The van der Waals surface area contributed by atoms with Crippen LogP contribution in [0.15, 0.2) is 72.9 Å². The molecule has 3 heterocycles. The highest BCUT2D eigenvalue weighted by atomic mass is 16.2. The van der Waals surface area contributed by atoms with Crippen LogP contribution in [0.4, 0.5) is 5.69 Å². The van der Waals surface area contributed by atoms with E-state index in [0.717, 1.165) is 44.3 Å². The van der Waals surface area contributed by atoms with Crippen molar-refractivity contribution in [3.05, 3.63) is 89.7 Å². The molecule has 0 radical (unpaired) electrons. The molecule has 0 spiro atoms. The molecule has 1 aromatic heterocycles. The van der Waals surface area contributed by atoms with E-state index in [-0.39, 0.29) is 35.9 Å². The summed E-state index contributed by atoms with van der Waals surface area (Å²) in [6.07, 6.45) is 6.79. The topological polar surface area (TPSA) is 66.4 Å². The number of aryl methyl sites for hydroxylation is 1. The number of rotatable bonds is 4. The van der Waals surface area contributed by atoms with E-state index in [1.54, 1.807) is 0 Å². The van der Waals surface area contributed by atoms with Gasteiger partial charge in [-0.2, -0.15) is 0 Å². The van der Waals surface area contributed by atoms with Crippen molar-refractivity contribution in [2.75, 3.05) is 11.9 Å². The van der Waals surface area contributed by atoms with Gasteiger partial charge in [-0.25, -0.2) is 0 Å². The highest BCUT2D eigenvalue weighted by Crippen LogP contribution is 2.51. The number of carbonyl (C=O) groups is 2. The summed E-state index contributed by atoms with van der Waals surface area (Å²) < 4.78 is 2.18. The summed E-state index contributed by atoms with van der Waals surface area (Å²) in [6, 6.07) is 22.1. The number of hydrogen-bond acceptors (Lipinski definition) is 3. The molecule has 3 aliphatic rings. The molecule has 36 heavy (non-hydrogen) atoms. The zero-order chi connectivity index (χ0) is 24.6. The number of nitrogens with one attached hydrogen (secondary N) is 2. The van der Waals surface area contributed by atoms with E-state index >= 15 is 0 Å². The van der Waals surface area contributed by atoms with Crippen molar-refractivity contribution in [3.63, 3.8) is 0 Å². The van der Waals surface area contributed by atoms with E-state index in [1.807, 2.05) is 30.3 Å². The third-order valence-electron chi connectivity index (χ3n) is 8.48. The van der Waals surface area contributed by atoms with Crippen molar-refractivity contribution < 1.29 is 9.59 Å². The van der Waals surface area contributed by atoms with Gasteiger partial charge in [0, 0.05) is 48.7 Å². The average molecular weight is 483 g/mol. The zero-order valence-corrected chi connectivity index (χ0v) is 20.8. The van der Waals surface area contributed by atoms with Gasteiger partial charge in [0.15, 0.2) is 0 Å². The van der Waals surface area contributed by atoms with E-state index < -0.39 is 0 Å². The molecule has 2 aromatic carbocycles. The summed E-state index contributed by atoms with van der Waals surface area (Å²) in [5.41, 5.74) is 4.22. The second-order valence-corrected chi connectivity index (χ2v) is 10.5. The third-order valence-corrected chi connectivity index (χ3v) is 8.48. The van der Waals surface area contributed by atoms with Crippen LogP contribution in [-0.2, 0) is 11.8 Å². The zero-order valence-electron chi connectivity index (χ0n) is 20.8. The second-order valence-electron chi connectivity index (χ2n) is 10.5. The van der Waals surface area contributed by atoms with Gasteiger partial charge in [0.25, 0.3) is 5.91 Å². The van der Waals surface area contributed by atoms with Gasteiger partial charge in [-0.05, 0) is 55.2 Å². The lowest BCUT2D eigenvalue weighted by Crippen LogP contribution is -2.50. The molecule has 6 heteroatoms. The Morgan fingerprint density at radius 3 is 2.50 bits per heavy atom. The highest BCUT2D eigenvalue weighted by molar-refractivity contribution is 5.94. The fourth-order valence-corrected chi connectivity index (χ4v) is 6.72. The Bertz CT molecular complexity index is 1250.